The number of esters is 1. The second-order valence-electron chi connectivity index (χ2n) is 5.22. The van der Waals surface area contributed by atoms with Crippen LogP contribution in [0.4, 0.5) is 0 Å². The summed E-state index contributed by atoms with van der Waals surface area (Å²) in [5.74, 6) is -0.494. The first kappa shape index (κ1) is 12.2. The summed E-state index contributed by atoms with van der Waals surface area (Å²) >= 11 is 0. The maximum atomic E-state index is 12.3. The third-order valence-corrected chi connectivity index (χ3v) is 4.13. The molecule has 1 saturated carbocycles. The average molecular weight is 256 g/mol. The molecule has 1 aliphatic heterocycles. The highest BCUT2D eigenvalue weighted by molar-refractivity contribution is 6.06. The van der Waals surface area contributed by atoms with Gasteiger partial charge in [-0.2, -0.15) is 0 Å². The second-order valence-corrected chi connectivity index (χ2v) is 5.22. The van der Waals surface area contributed by atoms with Gasteiger partial charge in [0.1, 0.15) is 0 Å². The molecule has 1 aliphatic carbocycles. The Morgan fingerprint density at radius 2 is 1.84 bits per heavy atom. The van der Waals surface area contributed by atoms with Crippen LogP contribution in [0.15, 0.2) is 42.5 Å². The van der Waals surface area contributed by atoms with Crippen molar-refractivity contribution < 1.29 is 14.3 Å². The van der Waals surface area contributed by atoms with Crippen LogP contribution < -0.4 is 0 Å². The van der Waals surface area contributed by atoms with E-state index in [1.807, 2.05) is 30.3 Å². The molecule has 0 aromatic heterocycles. The number of ketones is 1. The monoisotopic (exact) mass is 256 g/mol. The maximum absolute atomic E-state index is 12.3. The molecule has 3 heteroatoms. The molecule has 1 aromatic carbocycles. The van der Waals surface area contributed by atoms with Crippen LogP contribution in [0.1, 0.15) is 37.2 Å². The zero-order valence-corrected chi connectivity index (χ0v) is 10.7. The summed E-state index contributed by atoms with van der Waals surface area (Å²) in [6.45, 7) is 0. The maximum Gasteiger partial charge on any atom is 0.331 e. The van der Waals surface area contributed by atoms with Gasteiger partial charge in [-0.3, -0.25) is 4.79 Å². The topological polar surface area (TPSA) is 43.4 Å². The Morgan fingerprint density at radius 1 is 1.05 bits per heavy atom. The van der Waals surface area contributed by atoms with Gasteiger partial charge in [0.2, 0.25) is 0 Å². The lowest BCUT2D eigenvalue weighted by molar-refractivity contribution is -0.169. The van der Waals surface area contributed by atoms with Gasteiger partial charge < -0.3 is 4.74 Å². The summed E-state index contributed by atoms with van der Waals surface area (Å²) < 4.78 is 5.52. The van der Waals surface area contributed by atoms with Crippen LogP contribution in [0.3, 0.4) is 0 Å². The summed E-state index contributed by atoms with van der Waals surface area (Å²) in [6.07, 6.45) is 6.11. The molecule has 0 radical (unpaired) electrons. The van der Waals surface area contributed by atoms with E-state index in [4.69, 9.17) is 4.74 Å². The minimum Gasteiger partial charge on any atom is -0.447 e. The van der Waals surface area contributed by atoms with Crippen molar-refractivity contribution in [1.82, 2.24) is 0 Å². The number of rotatable bonds is 1. The van der Waals surface area contributed by atoms with Crippen LogP contribution >= 0.6 is 0 Å². The van der Waals surface area contributed by atoms with Crippen molar-refractivity contribution in [2.24, 2.45) is 0 Å². The normalized spacial score (nSPS) is 30.4. The van der Waals surface area contributed by atoms with Crippen LogP contribution in [0.2, 0.25) is 0 Å². The molecule has 1 heterocycles. The van der Waals surface area contributed by atoms with Crippen LogP contribution in [0.5, 0.6) is 0 Å². The minimum atomic E-state index is -0.967. The molecule has 0 bridgehead atoms. The van der Waals surface area contributed by atoms with Crippen LogP contribution in [0, 0.1) is 0 Å². The fraction of sp³-hybridized carbons (Fsp3) is 0.375. The fourth-order valence-corrected chi connectivity index (χ4v) is 3.23. The van der Waals surface area contributed by atoms with Gasteiger partial charge in [0.15, 0.2) is 11.4 Å². The van der Waals surface area contributed by atoms with E-state index in [1.165, 1.54) is 12.2 Å². The molecule has 3 rings (SSSR count). The van der Waals surface area contributed by atoms with Gasteiger partial charge in [0, 0.05) is 12.0 Å². The lowest BCUT2D eigenvalue weighted by Gasteiger charge is -2.42. The van der Waals surface area contributed by atoms with E-state index in [-0.39, 0.29) is 11.7 Å². The number of ether oxygens (including phenoxy) is 1. The van der Waals surface area contributed by atoms with Crippen molar-refractivity contribution in [1.29, 1.82) is 0 Å². The fourth-order valence-electron chi connectivity index (χ4n) is 3.23. The van der Waals surface area contributed by atoms with E-state index in [1.54, 1.807) is 0 Å². The smallest absolute Gasteiger partial charge is 0.331 e. The Balaban J connectivity index is 2.04. The molecule has 1 aromatic rings. The minimum absolute atomic E-state index is 0.0242. The van der Waals surface area contributed by atoms with Crippen molar-refractivity contribution in [3.8, 4) is 0 Å². The van der Waals surface area contributed by atoms with E-state index < -0.39 is 11.6 Å². The highest BCUT2D eigenvalue weighted by atomic mass is 16.6. The van der Waals surface area contributed by atoms with Crippen molar-refractivity contribution in [2.45, 2.75) is 37.2 Å². The molecule has 19 heavy (non-hydrogen) atoms. The van der Waals surface area contributed by atoms with Crippen molar-refractivity contribution in [3.05, 3.63) is 48.0 Å². The summed E-state index contributed by atoms with van der Waals surface area (Å²) in [4.78, 5) is 23.9. The number of carbonyl (C=O) groups excluding carboxylic acids is 2. The van der Waals surface area contributed by atoms with Gasteiger partial charge >= 0.3 is 5.97 Å². The zero-order chi connectivity index (χ0) is 13.3. The number of benzene rings is 1. The van der Waals surface area contributed by atoms with E-state index in [9.17, 15) is 9.59 Å². The van der Waals surface area contributed by atoms with Gasteiger partial charge in [-0.25, -0.2) is 4.79 Å². The first-order valence-electron chi connectivity index (χ1n) is 6.73. The summed E-state index contributed by atoms with van der Waals surface area (Å²) in [5, 5.41) is 0. The van der Waals surface area contributed by atoms with Gasteiger partial charge in [-0.1, -0.05) is 36.8 Å². The first-order valence-corrected chi connectivity index (χ1v) is 6.73. The van der Waals surface area contributed by atoms with Crippen LogP contribution in [0.25, 0.3) is 0 Å². The zero-order valence-electron chi connectivity index (χ0n) is 10.7. The van der Waals surface area contributed by atoms with Crippen LogP contribution in [-0.4, -0.2) is 17.4 Å². The quantitative estimate of drug-likeness (QED) is 0.726. The Kier molecular flexibility index (Phi) is 2.97. The lowest BCUT2D eigenvalue weighted by Crippen LogP contribution is -2.51. The second kappa shape index (κ2) is 4.65. The molecule has 2 atom stereocenters. The largest absolute Gasteiger partial charge is 0.447 e. The molecule has 0 saturated heterocycles. The summed E-state index contributed by atoms with van der Waals surface area (Å²) in [5.41, 5.74) is 0.115. The Bertz CT molecular complexity index is 532. The Labute approximate surface area is 112 Å². The van der Waals surface area contributed by atoms with E-state index in [0.717, 1.165) is 24.8 Å². The van der Waals surface area contributed by atoms with Gasteiger partial charge in [0.05, 0.1) is 0 Å². The summed E-state index contributed by atoms with van der Waals surface area (Å²) in [6, 6.07) is 9.90. The Hall–Kier alpha value is -1.90. The van der Waals surface area contributed by atoms with Crippen molar-refractivity contribution >= 4 is 11.8 Å². The molecule has 0 N–H and O–H groups in total. The molecule has 0 amide bonds. The lowest BCUT2D eigenvalue weighted by atomic mass is 9.69. The standard InChI is InChI=1S/C16H16O3/c17-14-9-10-15(18)19-16(14)11-5-4-8-13(16)12-6-2-1-3-7-12/h1-3,6-7,9-10,13H,4-5,8,11H2/t13-,16-/m0/s1. The van der Waals surface area contributed by atoms with E-state index in [0.29, 0.717) is 6.42 Å². The van der Waals surface area contributed by atoms with Gasteiger partial charge in [-0.05, 0) is 30.9 Å². The van der Waals surface area contributed by atoms with E-state index in [2.05, 4.69) is 0 Å². The molecule has 98 valence electrons. The SMILES string of the molecule is O=C1C=CC(=O)[C@@]2(CCCC[C@H]2c2ccccc2)O1. The van der Waals surface area contributed by atoms with Gasteiger partial charge in [-0.15, -0.1) is 0 Å². The van der Waals surface area contributed by atoms with E-state index >= 15 is 0 Å². The number of hydrogen-bond acceptors (Lipinski definition) is 3. The molecule has 1 fully saturated rings. The average Bonchev–Trinajstić information content (AvgIpc) is 2.45. The molecule has 1 spiro atoms. The highest BCUT2D eigenvalue weighted by Crippen LogP contribution is 2.45. The molecular formula is C16H16O3. The first-order chi connectivity index (χ1) is 9.22. The predicted octanol–water partition coefficient (Wildman–Crippen LogP) is 2.77. The molecular weight excluding hydrogens is 240 g/mol. The Morgan fingerprint density at radius 3 is 2.63 bits per heavy atom. The van der Waals surface area contributed by atoms with Crippen molar-refractivity contribution in [2.75, 3.05) is 0 Å². The summed E-state index contributed by atoms with van der Waals surface area (Å²) in [7, 11) is 0. The van der Waals surface area contributed by atoms with Crippen molar-refractivity contribution in [3.63, 3.8) is 0 Å². The number of carbonyl (C=O) groups is 2. The third-order valence-electron chi connectivity index (χ3n) is 4.13. The number of hydrogen-bond donors (Lipinski definition) is 0. The predicted molar refractivity (Wildman–Crippen MR) is 70.6 cm³/mol. The molecule has 2 aliphatic rings. The molecule has 0 unspecified atom stereocenters. The van der Waals surface area contributed by atoms with Gasteiger partial charge in [0.25, 0.3) is 0 Å². The highest BCUT2D eigenvalue weighted by Gasteiger charge is 2.51. The third kappa shape index (κ3) is 1.99. The molecule has 3 nitrogen and oxygen atoms in total. The van der Waals surface area contributed by atoms with Crippen LogP contribution in [-0.2, 0) is 14.3 Å².